The van der Waals surface area contributed by atoms with Crippen molar-refractivity contribution in [2.24, 2.45) is 0 Å². The van der Waals surface area contributed by atoms with Gasteiger partial charge in [0.25, 0.3) is 5.91 Å². The maximum absolute atomic E-state index is 12.1. The van der Waals surface area contributed by atoms with Crippen molar-refractivity contribution in [3.05, 3.63) is 21.4 Å². The molecule has 3 amide bonds. The van der Waals surface area contributed by atoms with E-state index in [1.807, 2.05) is 13.0 Å². The zero-order valence-electron chi connectivity index (χ0n) is 13.0. The van der Waals surface area contributed by atoms with Gasteiger partial charge in [0.2, 0.25) is 0 Å². The molecule has 1 N–H and O–H groups in total. The highest BCUT2D eigenvalue weighted by Crippen LogP contribution is 2.24. The number of carbonyl (C=O) groups is 3. The van der Waals surface area contributed by atoms with Crippen molar-refractivity contribution in [3.8, 4) is 0 Å². The number of esters is 1. The highest BCUT2D eigenvalue weighted by molar-refractivity contribution is 7.14. The minimum Gasteiger partial charge on any atom is -0.448 e. The molecule has 0 aliphatic carbocycles. The Morgan fingerprint density at radius 1 is 1.50 bits per heavy atom. The van der Waals surface area contributed by atoms with Gasteiger partial charge in [0.1, 0.15) is 4.88 Å². The van der Waals surface area contributed by atoms with E-state index in [0.717, 1.165) is 28.2 Å². The first-order valence-corrected chi connectivity index (χ1v) is 8.15. The molecule has 120 valence electrons. The average Bonchev–Trinajstić information content (AvgIpc) is 3.05. The fraction of sp³-hybridized carbons (Fsp3) is 0.533. The molecule has 1 aliphatic heterocycles. The van der Waals surface area contributed by atoms with E-state index in [1.54, 1.807) is 0 Å². The quantitative estimate of drug-likeness (QED) is 0.842. The van der Waals surface area contributed by atoms with Crippen LogP contribution < -0.4 is 5.32 Å². The van der Waals surface area contributed by atoms with Crippen LogP contribution in [-0.4, -0.2) is 42.0 Å². The van der Waals surface area contributed by atoms with Crippen LogP contribution in [0.25, 0.3) is 0 Å². The second kappa shape index (κ2) is 6.91. The summed E-state index contributed by atoms with van der Waals surface area (Å²) in [7, 11) is 0. The number of rotatable bonds is 5. The van der Waals surface area contributed by atoms with E-state index in [-0.39, 0.29) is 0 Å². The molecule has 2 rings (SSSR count). The second-order valence-electron chi connectivity index (χ2n) is 5.21. The largest absolute Gasteiger partial charge is 0.448 e. The lowest BCUT2D eigenvalue weighted by atomic mass is 10.1. The Labute approximate surface area is 133 Å². The number of imide groups is 1. The van der Waals surface area contributed by atoms with Crippen LogP contribution in [0.5, 0.6) is 0 Å². The van der Waals surface area contributed by atoms with E-state index in [2.05, 4.69) is 12.2 Å². The van der Waals surface area contributed by atoms with Crippen molar-refractivity contribution in [2.45, 2.75) is 39.7 Å². The third-order valence-corrected chi connectivity index (χ3v) is 4.57. The molecule has 1 saturated heterocycles. The van der Waals surface area contributed by atoms with Gasteiger partial charge < -0.3 is 10.1 Å². The topological polar surface area (TPSA) is 75.7 Å². The fourth-order valence-corrected chi connectivity index (χ4v) is 3.26. The maximum atomic E-state index is 12.1. The molecule has 2 heterocycles. The van der Waals surface area contributed by atoms with Crippen LogP contribution in [0, 0.1) is 6.92 Å². The molecule has 1 aliphatic rings. The van der Waals surface area contributed by atoms with Crippen molar-refractivity contribution < 1.29 is 19.1 Å². The molecule has 1 fully saturated rings. The number of ether oxygens (including phenoxy) is 1. The first-order chi connectivity index (χ1) is 10.4. The van der Waals surface area contributed by atoms with E-state index in [4.69, 9.17) is 4.74 Å². The van der Waals surface area contributed by atoms with Crippen LogP contribution in [0.2, 0.25) is 0 Å². The summed E-state index contributed by atoms with van der Waals surface area (Å²) in [5, 5.41) is 2.54. The highest BCUT2D eigenvalue weighted by atomic mass is 32.1. The summed E-state index contributed by atoms with van der Waals surface area (Å²) in [6, 6.07) is 1.39. The predicted molar refractivity (Wildman–Crippen MR) is 83.0 cm³/mol. The third kappa shape index (κ3) is 3.47. The number of urea groups is 1. The number of carbonyl (C=O) groups excluding carboxylic acids is 3. The number of hydrogen-bond acceptors (Lipinski definition) is 5. The van der Waals surface area contributed by atoms with E-state index in [0.29, 0.717) is 18.0 Å². The molecule has 1 aromatic heterocycles. The average molecular weight is 324 g/mol. The van der Waals surface area contributed by atoms with E-state index < -0.39 is 24.0 Å². The number of aryl methyl sites for hydroxylation is 2. The van der Waals surface area contributed by atoms with E-state index in [1.165, 1.54) is 18.3 Å². The molecule has 0 saturated carbocycles. The van der Waals surface area contributed by atoms with E-state index in [9.17, 15) is 14.4 Å². The molecule has 7 heteroatoms. The van der Waals surface area contributed by atoms with Gasteiger partial charge in [-0.15, -0.1) is 11.3 Å². The van der Waals surface area contributed by atoms with Crippen LogP contribution in [0.1, 0.15) is 40.4 Å². The lowest BCUT2D eigenvalue weighted by Gasteiger charge is -2.17. The molecule has 1 atom stereocenters. The van der Waals surface area contributed by atoms with Crippen molar-refractivity contribution >= 4 is 29.2 Å². The minimum atomic E-state index is -0.978. The Morgan fingerprint density at radius 3 is 2.82 bits per heavy atom. The van der Waals surface area contributed by atoms with Gasteiger partial charge in [-0.2, -0.15) is 0 Å². The second-order valence-corrected chi connectivity index (χ2v) is 6.47. The zero-order chi connectivity index (χ0) is 16.3. The molecule has 0 bridgehead atoms. The number of nitrogens with one attached hydrogen (secondary N) is 1. The Morgan fingerprint density at radius 2 is 2.23 bits per heavy atom. The zero-order valence-corrected chi connectivity index (χ0v) is 13.8. The summed E-state index contributed by atoms with van der Waals surface area (Å²) >= 11 is 1.37. The van der Waals surface area contributed by atoms with Gasteiger partial charge in [0, 0.05) is 18.0 Å². The minimum absolute atomic E-state index is 0.304. The van der Waals surface area contributed by atoms with E-state index >= 15 is 0 Å². The molecule has 1 aromatic rings. The van der Waals surface area contributed by atoms with Crippen molar-refractivity contribution in [3.63, 3.8) is 0 Å². The van der Waals surface area contributed by atoms with Gasteiger partial charge >= 0.3 is 12.0 Å². The number of amides is 3. The molecule has 0 unspecified atom stereocenters. The van der Waals surface area contributed by atoms with Crippen LogP contribution in [0.3, 0.4) is 0 Å². The number of thiophene rings is 1. The van der Waals surface area contributed by atoms with Crippen molar-refractivity contribution in [1.82, 2.24) is 10.2 Å². The standard InChI is InChI=1S/C15H20N2O4S/c1-4-5-11-8-12(22-10(11)3)14(19)21-9(2)13(18)17-7-6-16-15(17)20/h8-9H,4-7H2,1-3H3,(H,16,20)/t9-/m0/s1. The summed E-state index contributed by atoms with van der Waals surface area (Å²) in [6.45, 7) is 6.26. The summed E-state index contributed by atoms with van der Waals surface area (Å²) in [5.74, 6) is -1.01. The Kier molecular flexibility index (Phi) is 5.18. The summed E-state index contributed by atoms with van der Waals surface area (Å²) in [5.41, 5.74) is 1.14. The van der Waals surface area contributed by atoms with Gasteiger partial charge in [-0.25, -0.2) is 9.59 Å². The van der Waals surface area contributed by atoms with Gasteiger partial charge in [-0.05, 0) is 31.9 Å². The monoisotopic (exact) mass is 324 g/mol. The lowest BCUT2D eigenvalue weighted by Crippen LogP contribution is -2.41. The van der Waals surface area contributed by atoms with Crippen molar-refractivity contribution in [1.29, 1.82) is 0 Å². The molecule has 0 radical (unpaired) electrons. The maximum Gasteiger partial charge on any atom is 0.349 e. The van der Waals surface area contributed by atoms with Crippen molar-refractivity contribution in [2.75, 3.05) is 13.1 Å². The number of nitrogens with zero attached hydrogens (tertiary/aromatic N) is 1. The highest BCUT2D eigenvalue weighted by Gasteiger charge is 2.32. The molecular weight excluding hydrogens is 304 g/mol. The molecule has 0 spiro atoms. The van der Waals surface area contributed by atoms with Crippen LogP contribution in [0.15, 0.2) is 6.07 Å². The van der Waals surface area contributed by atoms with Gasteiger partial charge in [0.15, 0.2) is 6.10 Å². The van der Waals surface area contributed by atoms with Gasteiger partial charge in [0.05, 0.1) is 0 Å². The van der Waals surface area contributed by atoms with Gasteiger partial charge in [-0.3, -0.25) is 9.69 Å². The van der Waals surface area contributed by atoms with Crippen LogP contribution in [-0.2, 0) is 16.0 Å². The van der Waals surface area contributed by atoms with Crippen LogP contribution >= 0.6 is 11.3 Å². The SMILES string of the molecule is CCCc1cc(C(=O)O[C@@H](C)C(=O)N2CCNC2=O)sc1C. The Bertz CT molecular complexity index is 596. The fourth-order valence-electron chi connectivity index (χ4n) is 2.31. The molecule has 22 heavy (non-hydrogen) atoms. The molecule has 6 nitrogen and oxygen atoms in total. The first-order valence-electron chi connectivity index (χ1n) is 7.33. The summed E-state index contributed by atoms with van der Waals surface area (Å²) in [4.78, 5) is 38.3. The third-order valence-electron chi connectivity index (χ3n) is 3.50. The van der Waals surface area contributed by atoms with Gasteiger partial charge in [-0.1, -0.05) is 13.3 Å². The lowest BCUT2D eigenvalue weighted by molar-refractivity contribution is -0.135. The smallest absolute Gasteiger partial charge is 0.349 e. The Hall–Kier alpha value is -1.89. The normalized spacial score (nSPS) is 15.6. The summed E-state index contributed by atoms with van der Waals surface area (Å²) < 4.78 is 5.21. The van der Waals surface area contributed by atoms with Crippen LogP contribution in [0.4, 0.5) is 4.79 Å². The molecular formula is C15H20N2O4S. The predicted octanol–water partition coefficient (Wildman–Crippen LogP) is 2.11. The number of hydrogen-bond donors (Lipinski definition) is 1. The first kappa shape index (κ1) is 16.5. The Balaban J connectivity index is 2.00. The summed E-state index contributed by atoms with van der Waals surface area (Å²) in [6.07, 6.45) is 0.941. The molecule has 0 aromatic carbocycles.